The van der Waals surface area contributed by atoms with Crippen LogP contribution in [0.3, 0.4) is 0 Å². The maximum atomic E-state index is 13.1. The van der Waals surface area contributed by atoms with E-state index in [0.717, 1.165) is 16.5 Å². The molecule has 1 amide bonds. The van der Waals surface area contributed by atoms with E-state index in [4.69, 9.17) is 0 Å². The number of para-hydroxylation sites is 1. The van der Waals surface area contributed by atoms with Crippen molar-refractivity contribution in [1.82, 2.24) is 10.3 Å². The summed E-state index contributed by atoms with van der Waals surface area (Å²) in [4.78, 5) is 16.3. The van der Waals surface area contributed by atoms with Crippen molar-refractivity contribution >= 4 is 16.8 Å². The number of pyridine rings is 1. The Morgan fingerprint density at radius 1 is 1.10 bits per heavy atom. The molecule has 1 N–H and O–H groups in total. The van der Waals surface area contributed by atoms with Crippen LogP contribution in [0.1, 0.15) is 15.9 Å². The second-order valence-corrected chi connectivity index (χ2v) is 4.73. The van der Waals surface area contributed by atoms with Gasteiger partial charge in [-0.05, 0) is 35.9 Å². The highest BCUT2D eigenvalue weighted by molar-refractivity contribution is 5.94. The van der Waals surface area contributed by atoms with Crippen molar-refractivity contribution in [3.63, 3.8) is 0 Å². The Morgan fingerprint density at radius 2 is 1.95 bits per heavy atom. The van der Waals surface area contributed by atoms with Gasteiger partial charge in [-0.15, -0.1) is 0 Å². The van der Waals surface area contributed by atoms with Gasteiger partial charge in [0.2, 0.25) is 0 Å². The lowest BCUT2D eigenvalue weighted by atomic mass is 10.1. The van der Waals surface area contributed by atoms with Gasteiger partial charge in [-0.3, -0.25) is 9.78 Å². The quantitative estimate of drug-likeness (QED) is 0.799. The van der Waals surface area contributed by atoms with Gasteiger partial charge in [-0.25, -0.2) is 4.39 Å². The van der Waals surface area contributed by atoms with Crippen molar-refractivity contribution in [2.45, 2.75) is 6.54 Å². The predicted octanol–water partition coefficient (Wildman–Crippen LogP) is 3.30. The van der Waals surface area contributed by atoms with Crippen molar-refractivity contribution in [1.29, 1.82) is 0 Å². The lowest BCUT2D eigenvalue weighted by molar-refractivity contribution is 0.0950. The van der Waals surface area contributed by atoms with Crippen LogP contribution in [0.5, 0.6) is 0 Å². The van der Waals surface area contributed by atoms with E-state index in [-0.39, 0.29) is 5.91 Å². The number of carbonyl (C=O) groups is 1. The number of amides is 1. The van der Waals surface area contributed by atoms with Crippen molar-refractivity contribution < 1.29 is 9.18 Å². The third kappa shape index (κ3) is 3.05. The summed E-state index contributed by atoms with van der Waals surface area (Å²) in [5.74, 6) is -0.724. The number of hydrogen-bond acceptors (Lipinski definition) is 2. The van der Waals surface area contributed by atoms with Crippen LogP contribution in [0.4, 0.5) is 4.39 Å². The molecular formula is C17H13FN2O. The first-order valence-corrected chi connectivity index (χ1v) is 6.60. The Morgan fingerprint density at radius 3 is 2.81 bits per heavy atom. The molecule has 0 aliphatic rings. The zero-order valence-corrected chi connectivity index (χ0v) is 11.2. The van der Waals surface area contributed by atoms with Gasteiger partial charge in [-0.2, -0.15) is 0 Å². The number of benzene rings is 2. The van der Waals surface area contributed by atoms with E-state index in [1.54, 1.807) is 12.3 Å². The van der Waals surface area contributed by atoms with E-state index in [9.17, 15) is 9.18 Å². The molecule has 0 saturated heterocycles. The van der Waals surface area contributed by atoms with Crippen LogP contribution >= 0.6 is 0 Å². The first-order valence-electron chi connectivity index (χ1n) is 6.60. The topological polar surface area (TPSA) is 42.0 Å². The van der Waals surface area contributed by atoms with E-state index in [2.05, 4.69) is 10.3 Å². The van der Waals surface area contributed by atoms with Crippen LogP contribution < -0.4 is 5.32 Å². The van der Waals surface area contributed by atoms with Crippen LogP contribution in [-0.2, 0) is 6.54 Å². The highest BCUT2D eigenvalue weighted by Gasteiger charge is 2.06. The van der Waals surface area contributed by atoms with Gasteiger partial charge in [-0.1, -0.05) is 24.3 Å². The first-order chi connectivity index (χ1) is 10.2. The van der Waals surface area contributed by atoms with E-state index in [0.29, 0.717) is 12.1 Å². The molecule has 0 aliphatic carbocycles. The minimum Gasteiger partial charge on any atom is -0.348 e. The number of nitrogens with zero attached hydrogens (tertiary/aromatic N) is 1. The Hall–Kier alpha value is -2.75. The molecule has 0 fully saturated rings. The number of hydrogen-bond donors (Lipinski definition) is 1. The molecule has 21 heavy (non-hydrogen) atoms. The summed E-state index contributed by atoms with van der Waals surface area (Å²) in [5, 5.41) is 3.78. The minimum absolute atomic E-state index is 0.303. The number of carbonyl (C=O) groups excluding carboxylic acids is 1. The van der Waals surface area contributed by atoms with Crippen LogP contribution in [0, 0.1) is 5.82 Å². The minimum atomic E-state index is -0.421. The van der Waals surface area contributed by atoms with Gasteiger partial charge in [0.05, 0.1) is 5.52 Å². The van der Waals surface area contributed by atoms with Crippen molar-refractivity contribution in [3.05, 3.63) is 77.7 Å². The van der Waals surface area contributed by atoms with Crippen LogP contribution in [-0.4, -0.2) is 10.9 Å². The van der Waals surface area contributed by atoms with Gasteiger partial charge in [0, 0.05) is 23.7 Å². The monoisotopic (exact) mass is 280 g/mol. The molecule has 1 heterocycles. The summed E-state index contributed by atoms with van der Waals surface area (Å²) < 4.78 is 13.1. The highest BCUT2D eigenvalue weighted by atomic mass is 19.1. The molecule has 3 aromatic rings. The predicted molar refractivity (Wildman–Crippen MR) is 79.3 cm³/mol. The standard InChI is InChI=1S/C17H13FN2O/c18-15-6-3-5-14(9-15)17(21)20-11-12-8-13-4-1-2-7-16(13)19-10-12/h1-10H,11H2,(H,20,21). The zero-order valence-electron chi connectivity index (χ0n) is 11.2. The van der Waals surface area contributed by atoms with Crippen LogP contribution in [0.25, 0.3) is 10.9 Å². The highest BCUT2D eigenvalue weighted by Crippen LogP contribution is 2.12. The summed E-state index contributed by atoms with van der Waals surface area (Å²) in [5.41, 5.74) is 2.12. The summed E-state index contributed by atoms with van der Waals surface area (Å²) in [6.07, 6.45) is 1.73. The van der Waals surface area contributed by atoms with E-state index < -0.39 is 5.82 Å². The summed E-state index contributed by atoms with van der Waals surface area (Å²) in [6, 6.07) is 15.4. The second kappa shape index (κ2) is 5.71. The molecule has 104 valence electrons. The average Bonchev–Trinajstić information content (AvgIpc) is 2.52. The molecule has 4 heteroatoms. The zero-order chi connectivity index (χ0) is 14.7. The largest absolute Gasteiger partial charge is 0.348 e. The Kier molecular flexibility index (Phi) is 3.60. The Bertz CT molecular complexity index is 801. The lowest BCUT2D eigenvalue weighted by Gasteiger charge is -2.06. The summed E-state index contributed by atoms with van der Waals surface area (Å²) >= 11 is 0. The number of aromatic nitrogens is 1. The maximum absolute atomic E-state index is 13.1. The third-order valence-corrected chi connectivity index (χ3v) is 3.19. The summed E-state index contributed by atoms with van der Waals surface area (Å²) in [7, 11) is 0. The molecule has 0 bridgehead atoms. The lowest BCUT2D eigenvalue weighted by Crippen LogP contribution is -2.22. The molecule has 3 nitrogen and oxygen atoms in total. The summed E-state index contributed by atoms with van der Waals surface area (Å²) in [6.45, 7) is 0.354. The normalized spacial score (nSPS) is 10.5. The van der Waals surface area contributed by atoms with Gasteiger partial charge in [0.15, 0.2) is 0 Å². The van der Waals surface area contributed by atoms with Gasteiger partial charge < -0.3 is 5.32 Å². The van der Waals surface area contributed by atoms with Crippen molar-refractivity contribution in [2.24, 2.45) is 0 Å². The van der Waals surface area contributed by atoms with Gasteiger partial charge >= 0.3 is 0 Å². The molecule has 0 saturated carbocycles. The Balaban J connectivity index is 1.72. The fraction of sp³-hybridized carbons (Fsp3) is 0.0588. The molecular weight excluding hydrogens is 267 g/mol. The second-order valence-electron chi connectivity index (χ2n) is 4.73. The number of fused-ring (bicyclic) bond motifs is 1. The molecule has 0 radical (unpaired) electrons. The van der Waals surface area contributed by atoms with Crippen LogP contribution in [0.2, 0.25) is 0 Å². The smallest absolute Gasteiger partial charge is 0.251 e. The molecule has 0 atom stereocenters. The number of nitrogens with one attached hydrogen (secondary N) is 1. The molecule has 0 aliphatic heterocycles. The maximum Gasteiger partial charge on any atom is 0.251 e. The molecule has 3 rings (SSSR count). The SMILES string of the molecule is O=C(NCc1cnc2ccccc2c1)c1cccc(F)c1. The van der Waals surface area contributed by atoms with Crippen LogP contribution in [0.15, 0.2) is 60.8 Å². The van der Waals surface area contributed by atoms with Gasteiger partial charge in [0.25, 0.3) is 5.91 Å². The molecule has 0 unspecified atom stereocenters. The van der Waals surface area contributed by atoms with Gasteiger partial charge in [0.1, 0.15) is 5.82 Å². The average molecular weight is 280 g/mol. The molecule has 2 aromatic carbocycles. The Labute approximate surface area is 121 Å². The van der Waals surface area contributed by atoms with E-state index in [1.165, 1.54) is 18.2 Å². The number of rotatable bonds is 3. The molecule has 1 aromatic heterocycles. The third-order valence-electron chi connectivity index (χ3n) is 3.19. The first kappa shape index (κ1) is 13.2. The fourth-order valence-corrected chi connectivity index (χ4v) is 2.13. The van der Waals surface area contributed by atoms with Crippen molar-refractivity contribution in [2.75, 3.05) is 0 Å². The van der Waals surface area contributed by atoms with E-state index >= 15 is 0 Å². The van der Waals surface area contributed by atoms with E-state index in [1.807, 2.05) is 30.3 Å². The van der Waals surface area contributed by atoms with Crippen molar-refractivity contribution in [3.8, 4) is 0 Å². The molecule has 0 spiro atoms. The fourth-order valence-electron chi connectivity index (χ4n) is 2.13. The number of halogens is 1.